The number of benzene rings is 4. The van der Waals surface area contributed by atoms with Gasteiger partial charge in [-0.15, -0.1) is 12.4 Å². The van der Waals surface area contributed by atoms with E-state index in [0.717, 1.165) is 68.4 Å². The molecule has 1 aliphatic rings. The standard InChI is InChI=1S/C31H35N3O.ClH/c1-23-8-7-11-30(24(23)2)34-18-16-33(17-19-34)15-6-5-14-32-31(35)28-13-12-27-20-25-9-3-4-10-26(25)21-29(27)22-28;/h3-4,7-13,20-22H,5-6,14-19H2,1-2H3,(H,32,35);1H. The number of amides is 1. The summed E-state index contributed by atoms with van der Waals surface area (Å²) in [6.07, 6.45) is 2.11. The van der Waals surface area contributed by atoms with Crippen LogP contribution in [-0.2, 0) is 0 Å². The summed E-state index contributed by atoms with van der Waals surface area (Å²) in [6, 6.07) is 25.3. The van der Waals surface area contributed by atoms with Gasteiger partial charge in [0.05, 0.1) is 0 Å². The van der Waals surface area contributed by atoms with Gasteiger partial charge in [0.15, 0.2) is 0 Å². The summed E-state index contributed by atoms with van der Waals surface area (Å²) in [4.78, 5) is 17.8. The van der Waals surface area contributed by atoms with Crippen molar-refractivity contribution in [1.29, 1.82) is 0 Å². The number of carbonyl (C=O) groups excluding carboxylic acids is 1. The summed E-state index contributed by atoms with van der Waals surface area (Å²) < 4.78 is 0. The smallest absolute Gasteiger partial charge is 0.251 e. The molecule has 1 heterocycles. The van der Waals surface area contributed by atoms with Crippen LogP contribution in [0.15, 0.2) is 72.8 Å². The Morgan fingerprint density at radius 2 is 1.47 bits per heavy atom. The van der Waals surface area contributed by atoms with Crippen molar-refractivity contribution in [1.82, 2.24) is 10.2 Å². The first-order valence-corrected chi connectivity index (χ1v) is 12.8. The predicted octanol–water partition coefficient (Wildman–Crippen LogP) is 6.36. The lowest BCUT2D eigenvalue weighted by molar-refractivity contribution is 0.0952. The molecule has 4 aromatic rings. The first kappa shape index (κ1) is 26.0. The fourth-order valence-corrected chi connectivity index (χ4v) is 5.14. The number of fused-ring (bicyclic) bond motifs is 2. The number of halogens is 1. The quantitative estimate of drug-likeness (QED) is 0.236. The van der Waals surface area contributed by atoms with Crippen molar-refractivity contribution < 1.29 is 4.79 Å². The number of anilines is 1. The summed E-state index contributed by atoms with van der Waals surface area (Å²) >= 11 is 0. The summed E-state index contributed by atoms with van der Waals surface area (Å²) in [5.41, 5.74) is 4.88. The van der Waals surface area contributed by atoms with Crippen molar-refractivity contribution in [3.63, 3.8) is 0 Å². The van der Waals surface area contributed by atoms with E-state index in [2.05, 4.69) is 89.6 Å². The molecule has 188 valence electrons. The average molecular weight is 502 g/mol. The van der Waals surface area contributed by atoms with E-state index in [1.165, 1.54) is 27.6 Å². The molecule has 4 aromatic carbocycles. The number of nitrogens with zero attached hydrogens (tertiary/aromatic N) is 2. The van der Waals surface area contributed by atoms with Crippen molar-refractivity contribution >= 4 is 45.5 Å². The first-order valence-electron chi connectivity index (χ1n) is 12.8. The third-order valence-electron chi connectivity index (χ3n) is 7.44. The molecule has 1 N–H and O–H groups in total. The van der Waals surface area contributed by atoms with Crippen molar-refractivity contribution in [3.05, 3.63) is 89.5 Å². The van der Waals surface area contributed by atoms with Gasteiger partial charge in [0.2, 0.25) is 0 Å². The normalized spacial score (nSPS) is 14.1. The van der Waals surface area contributed by atoms with Crippen molar-refractivity contribution in [3.8, 4) is 0 Å². The third kappa shape index (κ3) is 5.83. The summed E-state index contributed by atoms with van der Waals surface area (Å²) in [7, 11) is 0. The van der Waals surface area contributed by atoms with Gasteiger partial charge < -0.3 is 10.2 Å². The maximum Gasteiger partial charge on any atom is 0.251 e. The van der Waals surface area contributed by atoms with Gasteiger partial charge in [0.1, 0.15) is 0 Å². The molecule has 0 bridgehead atoms. The molecule has 1 fully saturated rings. The van der Waals surface area contributed by atoms with E-state index in [1.807, 2.05) is 12.1 Å². The van der Waals surface area contributed by atoms with Crippen LogP contribution in [0.4, 0.5) is 5.69 Å². The fraction of sp³-hybridized carbons (Fsp3) is 0.323. The minimum atomic E-state index is 0. The Balaban J connectivity index is 0.00000304. The molecule has 0 aliphatic carbocycles. The fourth-order valence-electron chi connectivity index (χ4n) is 5.14. The molecular formula is C31H36ClN3O. The number of hydrogen-bond acceptors (Lipinski definition) is 3. The number of nitrogens with one attached hydrogen (secondary N) is 1. The molecule has 0 saturated carbocycles. The van der Waals surface area contributed by atoms with Gasteiger partial charge in [-0.25, -0.2) is 0 Å². The van der Waals surface area contributed by atoms with Gasteiger partial charge in [-0.3, -0.25) is 9.69 Å². The van der Waals surface area contributed by atoms with Crippen LogP contribution in [-0.4, -0.2) is 50.1 Å². The molecular weight excluding hydrogens is 466 g/mol. The maximum atomic E-state index is 12.7. The van der Waals surface area contributed by atoms with Gasteiger partial charge in [-0.1, -0.05) is 42.5 Å². The van der Waals surface area contributed by atoms with Crippen molar-refractivity contribution in [2.75, 3.05) is 44.2 Å². The van der Waals surface area contributed by atoms with Crippen LogP contribution in [0.2, 0.25) is 0 Å². The van der Waals surface area contributed by atoms with Gasteiger partial charge >= 0.3 is 0 Å². The lowest BCUT2D eigenvalue weighted by Gasteiger charge is -2.37. The second kappa shape index (κ2) is 11.8. The van der Waals surface area contributed by atoms with Gasteiger partial charge in [0, 0.05) is 44.0 Å². The molecule has 0 spiro atoms. The molecule has 5 rings (SSSR count). The molecule has 1 amide bonds. The second-order valence-electron chi connectivity index (χ2n) is 9.77. The van der Waals surface area contributed by atoms with E-state index in [0.29, 0.717) is 0 Å². The highest BCUT2D eigenvalue weighted by Crippen LogP contribution is 2.25. The number of hydrogen-bond donors (Lipinski definition) is 1. The van der Waals surface area contributed by atoms with Gasteiger partial charge in [-0.2, -0.15) is 0 Å². The Morgan fingerprint density at radius 3 is 2.22 bits per heavy atom. The highest BCUT2D eigenvalue weighted by molar-refractivity contribution is 6.03. The van der Waals surface area contributed by atoms with Gasteiger partial charge in [0.25, 0.3) is 5.91 Å². The average Bonchev–Trinajstić information content (AvgIpc) is 2.89. The van der Waals surface area contributed by atoms with E-state index in [-0.39, 0.29) is 18.3 Å². The number of aryl methyl sites for hydroxylation is 1. The third-order valence-corrected chi connectivity index (χ3v) is 7.44. The molecule has 0 aromatic heterocycles. The van der Waals surface area contributed by atoms with E-state index in [1.54, 1.807) is 0 Å². The largest absolute Gasteiger partial charge is 0.369 e. The Bertz CT molecular complexity index is 1340. The monoisotopic (exact) mass is 501 g/mol. The maximum absolute atomic E-state index is 12.7. The van der Waals surface area contributed by atoms with Crippen molar-refractivity contribution in [2.24, 2.45) is 0 Å². The zero-order valence-electron chi connectivity index (χ0n) is 21.3. The second-order valence-corrected chi connectivity index (χ2v) is 9.77. The number of rotatable bonds is 7. The molecule has 0 radical (unpaired) electrons. The van der Waals surface area contributed by atoms with Crippen LogP contribution >= 0.6 is 12.4 Å². The minimum Gasteiger partial charge on any atom is -0.369 e. The number of carbonyl (C=O) groups is 1. The van der Waals surface area contributed by atoms with E-state index in [9.17, 15) is 4.79 Å². The van der Waals surface area contributed by atoms with Crippen molar-refractivity contribution in [2.45, 2.75) is 26.7 Å². The van der Waals surface area contributed by atoms with Crippen LogP contribution < -0.4 is 10.2 Å². The lowest BCUT2D eigenvalue weighted by Crippen LogP contribution is -2.47. The van der Waals surface area contributed by atoms with Gasteiger partial charge in [-0.05, 0) is 96.2 Å². The Labute approximate surface area is 220 Å². The molecule has 4 nitrogen and oxygen atoms in total. The SMILES string of the molecule is Cc1cccc(N2CCN(CCCCNC(=O)c3ccc4cc5ccccc5cc4c3)CC2)c1C.Cl. The van der Waals surface area contributed by atoms with Crippen LogP contribution in [0.5, 0.6) is 0 Å². The minimum absolute atomic E-state index is 0. The highest BCUT2D eigenvalue weighted by atomic mass is 35.5. The van der Waals surface area contributed by atoms with Crippen LogP contribution in [0, 0.1) is 13.8 Å². The first-order chi connectivity index (χ1) is 17.1. The molecule has 36 heavy (non-hydrogen) atoms. The zero-order chi connectivity index (χ0) is 24.2. The molecule has 0 atom stereocenters. The van der Waals surface area contributed by atoms with Crippen LogP contribution in [0.1, 0.15) is 34.3 Å². The Kier molecular flexibility index (Phi) is 8.50. The van der Waals surface area contributed by atoms with Crippen LogP contribution in [0.25, 0.3) is 21.5 Å². The highest BCUT2D eigenvalue weighted by Gasteiger charge is 2.18. The summed E-state index contributed by atoms with van der Waals surface area (Å²) in [6.45, 7) is 10.6. The molecule has 0 unspecified atom stereocenters. The lowest BCUT2D eigenvalue weighted by atomic mass is 10.0. The van der Waals surface area contributed by atoms with E-state index in [4.69, 9.17) is 0 Å². The molecule has 1 saturated heterocycles. The summed E-state index contributed by atoms with van der Waals surface area (Å²) in [5, 5.41) is 7.81. The summed E-state index contributed by atoms with van der Waals surface area (Å²) in [5.74, 6) is 0.0159. The molecule has 5 heteroatoms. The van der Waals surface area contributed by atoms with Crippen LogP contribution in [0.3, 0.4) is 0 Å². The van der Waals surface area contributed by atoms with E-state index < -0.39 is 0 Å². The van der Waals surface area contributed by atoms with E-state index >= 15 is 0 Å². The Morgan fingerprint density at radius 1 is 0.778 bits per heavy atom. The predicted molar refractivity (Wildman–Crippen MR) is 155 cm³/mol. The zero-order valence-corrected chi connectivity index (χ0v) is 22.1. The topological polar surface area (TPSA) is 35.6 Å². The number of piperazine rings is 1. The molecule has 1 aliphatic heterocycles. The Hall–Kier alpha value is -3.08. The number of unbranched alkanes of at least 4 members (excludes halogenated alkanes) is 1.